The van der Waals surface area contributed by atoms with E-state index in [1.807, 2.05) is 32.0 Å². The van der Waals surface area contributed by atoms with Crippen molar-refractivity contribution in [2.75, 3.05) is 0 Å². The number of carbonyl (C=O) groups is 1. The molecule has 0 saturated carbocycles. The lowest BCUT2D eigenvalue weighted by Gasteiger charge is -2.20. The number of ketones is 1. The molecule has 0 spiro atoms. The van der Waals surface area contributed by atoms with E-state index in [2.05, 4.69) is 6.07 Å². The van der Waals surface area contributed by atoms with Gasteiger partial charge in [0.05, 0.1) is 0 Å². The van der Waals surface area contributed by atoms with Crippen LogP contribution in [0.5, 0.6) is 0 Å². The molecule has 1 aliphatic rings. The lowest BCUT2D eigenvalue weighted by Crippen LogP contribution is -2.13. The minimum atomic E-state index is -0.256. The molecule has 2 aromatic carbocycles. The van der Waals surface area contributed by atoms with Crippen LogP contribution in [0.15, 0.2) is 30.0 Å². The first-order valence-corrected chi connectivity index (χ1v) is 6.00. The molecule has 2 heteroatoms. The van der Waals surface area contributed by atoms with E-state index in [0.29, 0.717) is 11.1 Å². The summed E-state index contributed by atoms with van der Waals surface area (Å²) >= 11 is 0. The van der Waals surface area contributed by atoms with Gasteiger partial charge in [0.25, 0.3) is 0 Å². The van der Waals surface area contributed by atoms with Gasteiger partial charge in [0.1, 0.15) is 0 Å². The molecule has 90 valence electrons. The Morgan fingerprint density at radius 3 is 2.33 bits per heavy atom. The van der Waals surface area contributed by atoms with Gasteiger partial charge >= 0.3 is 0 Å². The van der Waals surface area contributed by atoms with Crippen molar-refractivity contribution in [3.05, 3.63) is 52.3 Å². The van der Waals surface area contributed by atoms with Gasteiger partial charge in [-0.25, -0.2) is 0 Å². The van der Waals surface area contributed by atoms with E-state index < -0.39 is 0 Å². The van der Waals surface area contributed by atoms with Crippen molar-refractivity contribution in [1.29, 1.82) is 0 Å². The lowest BCUT2D eigenvalue weighted by molar-refractivity contribution is 0.0979. The minimum absolute atomic E-state index is 0.123. The van der Waals surface area contributed by atoms with E-state index in [4.69, 9.17) is 0 Å². The number of hydrogen-bond acceptors (Lipinski definition) is 2. The average molecular weight is 238 g/mol. The zero-order valence-electron chi connectivity index (χ0n) is 10.7. The van der Waals surface area contributed by atoms with E-state index in [-0.39, 0.29) is 11.5 Å². The van der Waals surface area contributed by atoms with E-state index in [9.17, 15) is 9.90 Å². The van der Waals surface area contributed by atoms with Crippen LogP contribution in [0.25, 0.3) is 16.3 Å². The van der Waals surface area contributed by atoms with Crippen molar-refractivity contribution >= 4 is 22.1 Å². The lowest BCUT2D eigenvalue weighted by atomic mass is 9.83. The summed E-state index contributed by atoms with van der Waals surface area (Å²) in [5.41, 5.74) is 4.35. The standard InChI is InChI=1S/C16H14O2/c1-8-4-7-12-10(3)15(17)16(18)13-9(2)5-6-11(8)14(12)13/h4-7,17H,1-3H3. The van der Waals surface area contributed by atoms with E-state index in [1.165, 1.54) is 0 Å². The fraction of sp³-hybridized carbons (Fsp3) is 0.188. The maximum Gasteiger partial charge on any atom is 0.228 e. The van der Waals surface area contributed by atoms with Gasteiger partial charge < -0.3 is 5.11 Å². The van der Waals surface area contributed by atoms with Crippen LogP contribution in [0.4, 0.5) is 0 Å². The third kappa shape index (κ3) is 1.20. The summed E-state index contributed by atoms with van der Waals surface area (Å²) in [4.78, 5) is 12.2. The molecule has 0 amide bonds. The van der Waals surface area contributed by atoms with Gasteiger partial charge in [-0.3, -0.25) is 4.79 Å². The highest BCUT2D eigenvalue weighted by Crippen LogP contribution is 2.37. The highest BCUT2D eigenvalue weighted by atomic mass is 16.3. The predicted molar refractivity (Wildman–Crippen MR) is 73.0 cm³/mol. The number of rotatable bonds is 0. The monoisotopic (exact) mass is 238 g/mol. The molecule has 0 fully saturated rings. The molecule has 1 N–H and O–H groups in total. The second kappa shape index (κ2) is 3.45. The highest BCUT2D eigenvalue weighted by molar-refractivity contribution is 6.24. The maximum absolute atomic E-state index is 12.2. The molecule has 0 heterocycles. The number of carbonyl (C=O) groups excluding carboxylic acids is 1. The zero-order chi connectivity index (χ0) is 13.0. The second-order valence-electron chi connectivity index (χ2n) is 4.91. The Morgan fingerprint density at radius 2 is 1.61 bits per heavy atom. The average Bonchev–Trinajstić information content (AvgIpc) is 2.35. The first-order chi connectivity index (χ1) is 8.52. The topological polar surface area (TPSA) is 37.3 Å². The van der Waals surface area contributed by atoms with Crippen LogP contribution >= 0.6 is 0 Å². The summed E-state index contributed by atoms with van der Waals surface area (Å²) < 4.78 is 0. The van der Waals surface area contributed by atoms with Crippen LogP contribution in [-0.4, -0.2) is 10.9 Å². The van der Waals surface area contributed by atoms with Crippen molar-refractivity contribution < 1.29 is 9.90 Å². The summed E-state index contributed by atoms with van der Waals surface area (Å²) in [7, 11) is 0. The Balaban J connectivity index is 2.62. The quantitative estimate of drug-likeness (QED) is 0.754. The van der Waals surface area contributed by atoms with Crippen molar-refractivity contribution in [2.24, 2.45) is 0 Å². The first-order valence-electron chi connectivity index (χ1n) is 6.00. The molecule has 3 rings (SSSR count). The van der Waals surface area contributed by atoms with Crippen molar-refractivity contribution in [1.82, 2.24) is 0 Å². The molecule has 1 aliphatic carbocycles. The zero-order valence-corrected chi connectivity index (χ0v) is 10.7. The number of benzene rings is 2. The molecule has 0 saturated heterocycles. The summed E-state index contributed by atoms with van der Waals surface area (Å²) in [5, 5.41) is 12.0. The number of aliphatic hydroxyl groups excluding tert-OH is 1. The van der Waals surface area contributed by atoms with Crippen LogP contribution in [0.3, 0.4) is 0 Å². The Hall–Kier alpha value is -2.09. The number of Topliss-reactive ketones (excluding diaryl/α,β-unsaturated/α-hetero) is 1. The normalized spacial score (nSPS) is 14.5. The smallest absolute Gasteiger partial charge is 0.228 e. The summed E-state index contributed by atoms with van der Waals surface area (Å²) in [6.07, 6.45) is 0. The van der Waals surface area contributed by atoms with E-state index in [0.717, 1.165) is 27.5 Å². The van der Waals surface area contributed by atoms with Gasteiger partial charge in [0, 0.05) is 16.5 Å². The van der Waals surface area contributed by atoms with E-state index >= 15 is 0 Å². The largest absolute Gasteiger partial charge is 0.504 e. The summed E-state index contributed by atoms with van der Waals surface area (Å²) in [5.74, 6) is -0.379. The molecule has 0 unspecified atom stereocenters. The molecule has 2 nitrogen and oxygen atoms in total. The fourth-order valence-corrected chi connectivity index (χ4v) is 2.72. The SMILES string of the molecule is CC1=C(O)C(=O)c2c(C)ccc3c(C)ccc1c23. The van der Waals surface area contributed by atoms with Crippen LogP contribution in [0, 0.1) is 13.8 Å². The third-order valence-electron chi connectivity index (χ3n) is 3.81. The minimum Gasteiger partial charge on any atom is -0.504 e. The van der Waals surface area contributed by atoms with Crippen LogP contribution < -0.4 is 0 Å². The van der Waals surface area contributed by atoms with E-state index in [1.54, 1.807) is 6.92 Å². The maximum atomic E-state index is 12.2. The molecule has 0 atom stereocenters. The number of allylic oxidation sites excluding steroid dienone is 2. The first kappa shape index (κ1) is 11.0. The van der Waals surface area contributed by atoms with Crippen molar-refractivity contribution in [3.8, 4) is 0 Å². The summed E-state index contributed by atoms with van der Waals surface area (Å²) in [6, 6.07) is 8.01. The van der Waals surface area contributed by atoms with Crippen LogP contribution in [0.2, 0.25) is 0 Å². The molecular weight excluding hydrogens is 224 g/mol. The van der Waals surface area contributed by atoms with Gasteiger partial charge in [-0.2, -0.15) is 0 Å². The number of hydrogen-bond donors (Lipinski definition) is 1. The molecule has 0 radical (unpaired) electrons. The molecule has 2 aromatic rings. The highest BCUT2D eigenvalue weighted by Gasteiger charge is 2.27. The predicted octanol–water partition coefficient (Wildman–Crippen LogP) is 3.94. The molecule has 0 aromatic heterocycles. The molecule has 18 heavy (non-hydrogen) atoms. The van der Waals surface area contributed by atoms with Gasteiger partial charge in [0.15, 0.2) is 5.76 Å². The molecular formula is C16H14O2. The van der Waals surface area contributed by atoms with Crippen molar-refractivity contribution in [2.45, 2.75) is 20.8 Å². The van der Waals surface area contributed by atoms with Crippen LogP contribution in [0.1, 0.15) is 34.0 Å². The molecule has 0 bridgehead atoms. The number of aliphatic hydroxyl groups is 1. The van der Waals surface area contributed by atoms with Gasteiger partial charge in [-0.15, -0.1) is 0 Å². The van der Waals surface area contributed by atoms with Gasteiger partial charge in [-0.05, 0) is 42.8 Å². The summed E-state index contributed by atoms with van der Waals surface area (Å²) in [6.45, 7) is 5.74. The van der Waals surface area contributed by atoms with Crippen molar-refractivity contribution in [3.63, 3.8) is 0 Å². The third-order valence-corrected chi connectivity index (χ3v) is 3.81. The van der Waals surface area contributed by atoms with Gasteiger partial charge in [0.2, 0.25) is 5.78 Å². The van der Waals surface area contributed by atoms with Crippen LogP contribution in [-0.2, 0) is 0 Å². The Labute approximate surface area is 106 Å². The Morgan fingerprint density at radius 1 is 0.944 bits per heavy atom. The number of aryl methyl sites for hydroxylation is 2. The Kier molecular flexibility index (Phi) is 2.11. The second-order valence-corrected chi connectivity index (χ2v) is 4.91. The fourth-order valence-electron chi connectivity index (χ4n) is 2.72. The Bertz CT molecular complexity index is 736. The van der Waals surface area contributed by atoms with Gasteiger partial charge in [-0.1, -0.05) is 24.3 Å². The molecule has 0 aliphatic heterocycles.